The Hall–Kier alpha value is -2.44. The van der Waals surface area contributed by atoms with Gasteiger partial charge in [0.15, 0.2) is 0 Å². The van der Waals surface area contributed by atoms with Crippen LogP contribution in [0.3, 0.4) is 0 Å². The molecule has 0 radical (unpaired) electrons. The highest BCUT2D eigenvalue weighted by Crippen LogP contribution is 2.26. The number of allylic oxidation sites excluding steroid dienone is 8. The summed E-state index contributed by atoms with van der Waals surface area (Å²) in [6, 6.07) is 20.7. The van der Waals surface area contributed by atoms with Gasteiger partial charge in [-0.15, -0.1) is 0 Å². The van der Waals surface area contributed by atoms with E-state index in [-0.39, 0.29) is 0 Å². The zero-order chi connectivity index (χ0) is 29.9. The predicted molar refractivity (Wildman–Crippen MR) is 193 cm³/mol. The molecule has 2 aromatic carbocycles. The van der Waals surface area contributed by atoms with Gasteiger partial charge in [0, 0.05) is 13.6 Å². The van der Waals surface area contributed by atoms with Crippen molar-refractivity contribution >= 4 is 54.5 Å². The molecule has 0 bridgehead atoms. The van der Waals surface area contributed by atoms with Crippen molar-refractivity contribution < 1.29 is 0 Å². The summed E-state index contributed by atoms with van der Waals surface area (Å²) < 4.78 is 1.76. The van der Waals surface area contributed by atoms with E-state index in [9.17, 15) is 0 Å². The minimum Gasteiger partial charge on any atom is -0.356 e. The molecular formula is C34H45NS4. The number of rotatable bonds is 8. The molecule has 0 aromatic heterocycles. The molecule has 2 rings (SSSR count). The highest BCUT2D eigenvalue weighted by Gasteiger charge is 2.06. The number of hydrogen-bond acceptors (Lipinski definition) is 4. The third-order valence-electron chi connectivity index (χ3n) is 4.49. The van der Waals surface area contributed by atoms with Crippen molar-refractivity contribution in [3.63, 3.8) is 0 Å². The van der Waals surface area contributed by atoms with Gasteiger partial charge >= 0.3 is 0 Å². The van der Waals surface area contributed by atoms with Crippen LogP contribution in [0.1, 0.15) is 45.2 Å². The van der Waals surface area contributed by atoms with Crippen LogP contribution < -0.4 is 0 Å². The maximum atomic E-state index is 5.30. The number of benzene rings is 2. The smallest absolute Gasteiger partial charge is 0.147 e. The summed E-state index contributed by atoms with van der Waals surface area (Å²) in [4.78, 5) is 2.06. The minimum absolute atomic E-state index is 0.837. The van der Waals surface area contributed by atoms with Crippen LogP contribution in [-0.2, 0) is 13.0 Å². The van der Waals surface area contributed by atoms with Crippen LogP contribution in [0.2, 0.25) is 0 Å². The predicted octanol–water partition coefficient (Wildman–Crippen LogP) is 11.4. The van der Waals surface area contributed by atoms with Gasteiger partial charge in [0.1, 0.15) is 4.32 Å². The Labute approximate surface area is 258 Å². The van der Waals surface area contributed by atoms with E-state index in [1.165, 1.54) is 11.1 Å². The van der Waals surface area contributed by atoms with Gasteiger partial charge < -0.3 is 4.90 Å². The van der Waals surface area contributed by atoms with Crippen molar-refractivity contribution in [2.24, 2.45) is 0 Å². The number of aryl methyl sites for hydroxylation is 1. The lowest BCUT2D eigenvalue weighted by Gasteiger charge is -2.18. The minimum atomic E-state index is 0.837. The summed E-state index contributed by atoms with van der Waals surface area (Å²) in [6.07, 6.45) is 13.3. The standard InChI is InChI=1S/C11H13NS4.C8H10.C8H12.C7H10/c1-9(13)15-16-11(14)12(2)8-10-6-4-3-5-7-10;1-2-8-6-4-3-5-7-8;1-4-6-7-8(3)5-2;1-4-5-6-7(2)3/h3-7H,8H2,1-2H3;3-7H,2H2,1H3;4,6-7H,1,3,5H2,2H3;4-6H,1-2H2,3H3/b;;7-6-;6-5-. The van der Waals surface area contributed by atoms with Gasteiger partial charge in [-0.05, 0) is 59.4 Å². The van der Waals surface area contributed by atoms with Gasteiger partial charge in [0.25, 0.3) is 0 Å². The highest BCUT2D eigenvalue weighted by atomic mass is 33.1. The summed E-state index contributed by atoms with van der Waals surface area (Å²) in [5.41, 5.74) is 4.87. The van der Waals surface area contributed by atoms with Crippen LogP contribution in [0.25, 0.3) is 0 Å². The molecule has 0 unspecified atom stereocenters. The van der Waals surface area contributed by atoms with E-state index in [1.54, 1.807) is 33.7 Å². The molecular weight excluding hydrogens is 551 g/mol. The van der Waals surface area contributed by atoms with Gasteiger partial charge in [0.05, 0.1) is 4.20 Å². The molecule has 39 heavy (non-hydrogen) atoms. The molecule has 0 atom stereocenters. The second kappa shape index (κ2) is 27.1. The molecule has 0 aliphatic heterocycles. The molecule has 0 aliphatic carbocycles. The van der Waals surface area contributed by atoms with E-state index in [0.29, 0.717) is 0 Å². The maximum absolute atomic E-state index is 5.30. The van der Waals surface area contributed by atoms with Crippen molar-refractivity contribution in [3.8, 4) is 0 Å². The first-order valence-electron chi connectivity index (χ1n) is 12.7. The summed E-state index contributed by atoms with van der Waals surface area (Å²) in [5, 5.41) is 0. The third kappa shape index (κ3) is 26.9. The zero-order valence-electron chi connectivity index (χ0n) is 24.3. The van der Waals surface area contributed by atoms with E-state index in [1.807, 2.05) is 69.5 Å². The molecule has 2 aromatic rings. The number of thiocarbonyl (C=S) groups is 2. The fourth-order valence-corrected chi connectivity index (χ4v) is 4.35. The van der Waals surface area contributed by atoms with E-state index < -0.39 is 0 Å². The second-order valence-corrected chi connectivity index (χ2v) is 12.0. The molecule has 0 aliphatic rings. The lowest BCUT2D eigenvalue weighted by atomic mass is 10.2. The first kappa shape index (κ1) is 38.7. The average Bonchev–Trinajstić information content (AvgIpc) is 2.95. The Morgan fingerprint density at radius 2 is 1.28 bits per heavy atom. The third-order valence-corrected chi connectivity index (χ3v) is 8.19. The normalized spacial score (nSPS) is 9.56. The van der Waals surface area contributed by atoms with Crippen molar-refractivity contribution in [1.29, 1.82) is 0 Å². The molecule has 0 spiro atoms. The molecule has 210 valence electrons. The van der Waals surface area contributed by atoms with Gasteiger partial charge in [-0.1, -0.05) is 173 Å². The quantitative estimate of drug-likeness (QED) is 0.169. The largest absolute Gasteiger partial charge is 0.356 e. The zero-order valence-corrected chi connectivity index (χ0v) is 27.5. The van der Waals surface area contributed by atoms with Crippen LogP contribution in [-0.4, -0.2) is 20.5 Å². The molecule has 5 heteroatoms. The number of hydrogen-bond donors (Lipinski definition) is 0. The second-order valence-electron chi connectivity index (χ2n) is 8.15. The highest BCUT2D eigenvalue weighted by molar-refractivity contribution is 8.89. The SMILES string of the molecule is C=C/C=C\C(=C)C.C=C/C=C\C(=C)CC.CC(=S)SSC(=S)N(C)Cc1ccccc1.CCc1ccccc1. The molecule has 0 N–H and O–H groups in total. The summed E-state index contributed by atoms with van der Waals surface area (Å²) in [5.74, 6) is 0. The first-order chi connectivity index (χ1) is 18.6. The van der Waals surface area contributed by atoms with Crippen LogP contribution in [0.15, 0.2) is 135 Å². The van der Waals surface area contributed by atoms with E-state index >= 15 is 0 Å². The van der Waals surface area contributed by atoms with Gasteiger partial charge in [-0.3, -0.25) is 0 Å². The van der Waals surface area contributed by atoms with Gasteiger partial charge in [-0.2, -0.15) is 0 Å². The van der Waals surface area contributed by atoms with Crippen LogP contribution in [0.5, 0.6) is 0 Å². The molecule has 0 saturated carbocycles. The molecule has 0 heterocycles. The lowest BCUT2D eigenvalue weighted by Crippen LogP contribution is -2.21. The molecule has 1 nitrogen and oxygen atoms in total. The van der Waals surface area contributed by atoms with Crippen molar-refractivity contribution in [1.82, 2.24) is 4.90 Å². The summed E-state index contributed by atoms with van der Waals surface area (Å²) >= 11 is 10.3. The van der Waals surface area contributed by atoms with Crippen LogP contribution >= 0.6 is 46.0 Å². The van der Waals surface area contributed by atoms with Crippen molar-refractivity contribution in [3.05, 3.63) is 146 Å². The molecule has 0 fully saturated rings. The summed E-state index contributed by atoms with van der Waals surface area (Å²) in [6.45, 7) is 23.4. The topological polar surface area (TPSA) is 3.24 Å². The Bertz CT molecular complexity index is 1040. The Morgan fingerprint density at radius 3 is 1.64 bits per heavy atom. The van der Waals surface area contributed by atoms with E-state index in [2.05, 4.69) is 81.5 Å². The Kier molecular flexibility index (Phi) is 26.9. The average molecular weight is 596 g/mol. The van der Waals surface area contributed by atoms with Gasteiger partial charge in [-0.25, -0.2) is 0 Å². The fourth-order valence-electron chi connectivity index (χ4n) is 2.35. The van der Waals surface area contributed by atoms with Crippen molar-refractivity contribution in [2.45, 2.75) is 47.1 Å². The van der Waals surface area contributed by atoms with Crippen LogP contribution in [0.4, 0.5) is 0 Å². The van der Waals surface area contributed by atoms with E-state index in [4.69, 9.17) is 24.4 Å². The van der Waals surface area contributed by atoms with Gasteiger partial charge in [0.2, 0.25) is 0 Å². The molecule has 0 saturated heterocycles. The summed E-state index contributed by atoms with van der Waals surface area (Å²) in [7, 11) is 5.09. The Morgan fingerprint density at radius 1 is 0.795 bits per heavy atom. The van der Waals surface area contributed by atoms with Crippen molar-refractivity contribution in [2.75, 3.05) is 7.05 Å². The Balaban J connectivity index is 0. The first-order valence-corrected chi connectivity index (χ1v) is 15.7. The van der Waals surface area contributed by atoms with E-state index in [0.717, 1.165) is 39.0 Å². The maximum Gasteiger partial charge on any atom is 0.147 e. The number of nitrogens with zero attached hydrogens (tertiary/aromatic N) is 1. The monoisotopic (exact) mass is 595 g/mol. The fraction of sp³-hybridized carbons (Fsp3) is 0.235. The van der Waals surface area contributed by atoms with Crippen LogP contribution in [0, 0.1) is 0 Å². The lowest BCUT2D eigenvalue weighted by molar-refractivity contribution is 0.519. The molecule has 0 amide bonds.